The van der Waals surface area contributed by atoms with E-state index in [9.17, 15) is 0 Å². The molecule has 27 heavy (non-hydrogen) atoms. The van der Waals surface area contributed by atoms with Gasteiger partial charge in [-0.05, 0) is 45.1 Å². The van der Waals surface area contributed by atoms with Gasteiger partial charge in [0.25, 0.3) is 0 Å². The van der Waals surface area contributed by atoms with E-state index >= 15 is 0 Å². The number of nitrogens with one attached hydrogen (secondary N) is 2. The largest absolute Gasteiger partial charge is 0.379 e. The van der Waals surface area contributed by atoms with Crippen molar-refractivity contribution in [2.24, 2.45) is 23.3 Å². The first kappa shape index (κ1) is 21.4. The number of fused-ring (bicyclic) bond motifs is 1. The number of nitrogens with zero attached hydrogens (tertiary/aromatic N) is 1. The summed E-state index contributed by atoms with van der Waals surface area (Å²) in [7, 11) is 7.51. The Bertz CT molecular complexity index is 457. The van der Waals surface area contributed by atoms with Gasteiger partial charge in [0.05, 0.1) is 18.4 Å². The highest BCUT2D eigenvalue weighted by Gasteiger charge is 2.42. The third-order valence-corrected chi connectivity index (χ3v) is 7.02. The highest BCUT2D eigenvalue weighted by molar-refractivity contribution is 4.96. The van der Waals surface area contributed by atoms with E-state index in [2.05, 4.69) is 22.6 Å². The lowest BCUT2D eigenvalue weighted by atomic mass is 9.75. The molecule has 0 amide bonds. The van der Waals surface area contributed by atoms with Gasteiger partial charge in [-0.25, -0.2) is 0 Å². The number of hydrogen-bond acceptors (Lipinski definition) is 8. The van der Waals surface area contributed by atoms with Crippen molar-refractivity contribution in [3.05, 3.63) is 0 Å². The molecule has 0 spiro atoms. The van der Waals surface area contributed by atoms with Crippen molar-refractivity contribution in [1.82, 2.24) is 15.5 Å². The molecule has 3 aliphatic rings. The zero-order valence-corrected chi connectivity index (χ0v) is 17.3. The standard InChI is InChI=1S/C19H39N5O3/c1-24(12-8-15(25-2)17(27-4)16(9-12)26-3)10-11-5-6-14-13(7-11)18(20)23-19(21)22-14/h11-19,22-23H,5-10,20-21H2,1-4H3. The fourth-order valence-electron chi connectivity index (χ4n) is 5.50. The van der Waals surface area contributed by atoms with Gasteiger partial charge in [0.2, 0.25) is 0 Å². The Morgan fingerprint density at radius 1 is 0.926 bits per heavy atom. The van der Waals surface area contributed by atoms with Crippen LogP contribution in [0.3, 0.4) is 0 Å². The van der Waals surface area contributed by atoms with E-state index in [0.717, 1.165) is 32.2 Å². The lowest BCUT2D eigenvalue weighted by Crippen LogP contribution is -2.70. The quantitative estimate of drug-likeness (QED) is 0.491. The molecule has 8 nitrogen and oxygen atoms in total. The summed E-state index contributed by atoms with van der Waals surface area (Å²) in [5, 5.41) is 6.69. The SMILES string of the molecule is COC1CC(N(C)CC2CCC3NC(N)NC(N)C3C2)CC(OC)C1OC. The summed E-state index contributed by atoms with van der Waals surface area (Å²) >= 11 is 0. The molecule has 0 aromatic rings. The predicted octanol–water partition coefficient (Wildman–Crippen LogP) is -0.370. The Kier molecular flexibility index (Phi) is 7.49. The van der Waals surface area contributed by atoms with E-state index in [1.165, 1.54) is 6.42 Å². The molecule has 6 N–H and O–H groups in total. The highest BCUT2D eigenvalue weighted by atomic mass is 16.6. The maximum atomic E-state index is 6.33. The fourth-order valence-corrected chi connectivity index (χ4v) is 5.50. The Morgan fingerprint density at radius 2 is 1.59 bits per heavy atom. The Morgan fingerprint density at radius 3 is 2.19 bits per heavy atom. The molecule has 0 aromatic carbocycles. The molecule has 0 radical (unpaired) electrons. The van der Waals surface area contributed by atoms with Crippen LogP contribution in [0.15, 0.2) is 0 Å². The van der Waals surface area contributed by atoms with Gasteiger partial charge >= 0.3 is 0 Å². The Balaban J connectivity index is 1.56. The van der Waals surface area contributed by atoms with E-state index < -0.39 is 0 Å². The third-order valence-electron chi connectivity index (χ3n) is 7.02. The Labute approximate surface area is 163 Å². The van der Waals surface area contributed by atoms with Crippen LogP contribution in [0.4, 0.5) is 0 Å². The maximum Gasteiger partial charge on any atom is 0.110 e. The number of rotatable bonds is 6. The zero-order valence-electron chi connectivity index (χ0n) is 17.3. The van der Waals surface area contributed by atoms with E-state index in [0.29, 0.717) is 23.9 Å². The van der Waals surface area contributed by atoms with Gasteiger partial charge in [-0.15, -0.1) is 0 Å². The number of methoxy groups -OCH3 is 3. The molecule has 1 aliphatic heterocycles. The van der Waals surface area contributed by atoms with E-state index in [1.54, 1.807) is 21.3 Å². The first-order valence-electron chi connectivity index (χ1n) is 10.3. The van der Waals surface area contributed by atoms with Crippen LogP contribution in [-0.4, -0.2) is 82.7 Å². The van der Waals surface area contributed by atoms with Crippen molar-refractivity contribution in [1.29, 1.82) is 0 Å². The van der Waals surface area contributed by atoms with Crippen molar-refractivity contribution in [3.63, 3.8) is 0 Å². The highest BCUT2D eigenvalue weighted by Crippen LogP contribution is 2.34. The summed E-state index contributed by atoms with van der Waals surface area (Å²) in [6.07, 6.45) is 5.37. The van der Waals surface area contributed by atoms with Crippen LogP contribution in [0.5, 0.6) is 0 Å². The average Bonchev–Trinajstić information content (AvgIpc) is 2.67. The van der Waals surface area contributed by atoms with Crippen LogP contribution in [0.2, 0.25) is 0 Å². The minimum Gasteiger partial charge on any atom is -0.379 e. The average molecular weight is 386 g/mol. The van der Waals surface area contributed by atoms with Gasteiger partial charge in [-0.1, -0.05) is 0 Å². The molecule has 2 aliphatic carbocycles. The molecular formula is C19H39N5O3. The van der Waals surface area contributed by atoms with E-state index in [1.807, 2.05) is 0 Å². The van der Waals surface area contributed by atoms with Crippen LogP contribution in [0.1, 0.15) is 32.1 Å². The molecule has 0 bridgehead atoms. The normalized spacial score (nSPS) is 45.7. The lowest BCUT2D eigenvalue weighted by Gasteiger charge is -2.47. The van der Waals surface area contributed by atoms with Gasteiger partial charge in [0.1, 0.15) is 12.4 Å². The van der Waals surface area contributed by atoms with Crippen LogP contribution < -0.4 is 22.1 Å². The third kappa shape index (κ3) is 4.82. The lowest BCUT2D eigenvalue weighted by molar-refractivity contribution is -0.144. The number of nitrogens with two attached hydrogens (primary N) is 2. The fraction of sp³-hybridized carbons (Fsp3) is 1.00. The summed E-state index contributed by atoms with van der Waals surface area (Å²) in [5.41, 5.74) is 12.3. The number of hydrogen-bond donors (Lipinski definition) is 4. The molecular weight excluding hydrogens is 346 g/mol. The molecule has 158 valence electrons. The van der Waals surface area contributed by atoms with Gasteiger partial charge in [-0.3, -0.25) is 10.6 Å². The van der Waals surface area contributed by atoms with Crippen LogP contribution in [0.25, 0.3) is 0 Å². The summed E-state index contributed by atoms with van der Waals surface area (Å²) in [6.45, 7) is 1.08. The van der Waals surface area contributed by atoms with Crippen LogP contribution >= 0.6 is 0 Å². The molecule has 0 aromatic heterocycles. The smallest absolute Gasteiger partial charge is 0.110 e. The van der Waals surface area contributed by atoms with Crippen molar-refractivity contribution >= 4 is 0 Å². The molecule has 2 saturated carbocycles. The van der Waals surface area contributed by atoms with Gasteiger partial charge in [-0.2, -0.15) is 0 Å². The molecule has 1 saturated heterocycles. The monoisotopic (exact) mass is 385 g/mol. The topological polar surface area (TPSA) is 107 Å². The second kappa shape index (κ2) is 9.45. The molecule has 3 rings (SSSR count). The summed E-state index contributed by atoms with van der Waals surface area (Å²) < 4.78 is 17.1. The second-order valence-electron chi connectivity index (χ2n) is 8.60. The minimum atomic E-state index is -0.187. The van der Waals surface area contributed by atoms with Crippen LogP contribution in [-0.2, 0) is 14.2 Å². The first-order chi connectivity index (χ1) is 13.0. The van der Waals surface area contributed by atoms with Crippen LogP contribution in [0, 0.1) is 11.8 Å². The van der Waals surface area contributed by atoms with Crippen molar-refractivity contribution in [2.45, 2.75) is 75.0 Å². The van der Waals surface area contributed by atoms with E-state index in [-0.39, 0.29) is 30.8 Å². The summed E-state index contributed by atoms with van der Waals surface area (Å²) in [5.74, 6) is 1.10. The van der Waals surface area contributed by atoms with Gasteiger partial charge in [0.15, 0.2) is 0 Å². The van der Waals surface area contributed by atoms with Crippen molar-refractivity contribution in [3.8, 4) is 0 Å². The molecule has 7 unspecified atom stereocenters. The van der Waals surface area contributed by atoms with Crippen molar-refractivity contribution in [2.75, 3.05) is 34.9 Å². The second-order valence-corrected chi connectivity index (χ2v) is 8.60. The molecule has 3 fully saturated rings. The molecule has 8 heteroatoms. The molecule has 7 atom stereocenters. The minimum absolute atomic E-state index is 0.00156. The predicted molar refractivity (Wildman–Crippen MR) is 105 cm³/mol. The van der Waals surface area contributed by atoms with Gasteiger partial charge in [0, 0.05) is 45.9 Å². The number of ether oxygens (including phenoxy) is 3. The zero-order chi connectivity index (χ0) is 19.6. The van der Waals surface area contributed by atoms with Gasteiger partial charge < -0.3 is 30.6 Å². The molecule has 1 heterocycles. The Hall–Kier alpha value is -0.320. The first-order valence-corrected chi connectivity index (χ1v) is 10.3. The maximum absolute atomic E-state index is 6.33. The summed E-state index contributed by atoms with van der Waals surface area (Å²) in [4.78, 5) is 2.50. The van der Waals surface area contributed by atoms with E-state index in [4.69, 9.17) is 25.7 Å². The summed E-state index contributed by atoms with van der Waals surface area (Å²) in [6, 6.07) is 0.874. The van der Waals surface area contributed by atoms with Crippen molar-refractivity contribution < 1.29 is 14.2 Å².